The second kappa shape index (κ2) is 18.5. The van der Waals surface area contributed by atoms with Crippen LogP contribution in [0.3, 0.4) is 0 Å². The molecule has 6 aromatic heterocycles. The smallest absolute Gasteiger partial charge is 0.0462 e. The van der Waals surface area contributed by atoms with E-state index in [2.05, 4.69) is 241 Å². The molecule has 12 rings (SSSR count). The molecule has 0 aliphatic carbocycles. The maximum atomic E-state index is 2.38. The molecular formula is C60H39NS6. The van der Waals surface area contributed by atoms with Gasteiger partial charge in [0.2, 0.25) is 0 Å². The first-order valence-electron chi connectivity index (χ1n) is 22.0. The summed E-state index contributed by atoms with van der Waals surface area (Å²) in [6, 6.07) is 86.2. The molecule has 0 saturated carbocycles. The Morgan fingerprint density at radius 2 is 0.343 bits per heavy atom. The average molecular weight is 966 g/mol. The third-order valence-electron chi connectivity index (χ3n) is 11.8. The van der Waals surface area contributed by atoms with Gasteiger partial charge in [-0.25, -0.2) is 0 Å². The zero-order valence-corrected chi connectivity index (χ0v) is 40.8. The second-order valence-corrected chi connectivity index (χ2v) is 22.6. The Bertz CT molecular complexity index is 3170. The molecule has 0 saturated heterocycles. The molecule has 12 aromatic rings. The molecule has 6 heterocycles. The molecule has 0 unspecified atom stereocenters. The third-order valence-corrected chi connectivity index (χ3v) is 19.2. The summed E-state index contributed by atoms with van der Waals surface area (Å²) in [5.41, 5.74) is 10.8. The van der Waals surface area contributed by atoms with Gasteiger partial charge in [-0.2, -0.15) is 0 Å². The summed E-state index contributed by atoms with van der Waals surface area (Å²) in [5.74, 6) is 0. The van der Waals surface area contributed by atoms with Gasteiger partial charge in [-0.15, -0.1) is 68.0 Å². The standard InChI is InChI=1S/C60H39NS6/c1-4-10-40(11-5-1)49-28-34-55(62-49)58-37-31-52(65-58)43-16-22-46(23-17-43)61(47-24-18-44(19-25-47)53-32-38-59(66-53)56-35-29-50(63-56)41-12-6-2-7-13-41)48-26-20-45(21-27-48)54-33-39-60(67-54)57-36-30-51(64-57)42-14-8-3-9-15-42/h1-39H. The van der Waals surface area contributed by atoms with E-state index in [1.807, 2.05) is 68.0 Å². The van der Waals surface area contributed by atoms with Crippen LogP contribution in [0, 0.1) is 0 Å². The number of rotatable bonds is 12. The van der Waals surface area contributed by atoms with Gasteiger partial charge in [0, 0.05) is 75.6 Å². The summed E-state index contributed by atoms with van der Waals surface area (Å²) < 4.78 is 0. The topological polar surface area (TPSA) is 3.24 Å². The Labute approximate surface area is 415 Å². The molecule has 1 nitrogen and oxygen atoms in total. The van der Waals surface area contributed by atoms with Gasteiger partial charge in [-0.1, -0.05) is 127 Å². The minimum absolute atomic E-state index is 1.11. The number of hydrogen-bond donors (Lipinski definition) is 0. The highest BCUT2D eigenvalue weighted by molar-refractivity contribution is 7.26. The summed E-state index contributed by atoms with van der Waals surface area (Å²) in [4.78, 5) is 17.8. The zero-order valence-electron chi connectivity index (χ0n) is 35.9. The zero-order chi connectivity index (χ0) is 44.5. The van der Waals surface area contributed by atoms with Crippen LogP contribution in [0.25, 0.3) is 91.9 Å². The lowest BCUT2D eigenvalue weighted by molar-refractivity contribution is 1.28. The van der Waals surface area contributed by atoms with Crippen molar-refractivity contribution in [1.29, 1.82) is 0 Å². The van der Waals surface area contributed by atoms with E-state index >= 15 is 0 Å². The van der Waals surface area contributed by atoms with Gasteiger partial charge in [-0.3, -0.25) is 0 Å². The normalized spacial score (nSPS) is 11.3. The van der Waals surface area contributed by atoms with Gasteiger partial charge in [-0.05, 0) is 143 Å². The number of benzene rings is 6. The summed E-state index contributed by atoms with van der Waals surface area (Å²) in [6.45, 7) is 0. The Balaban J connectivity index is 0.828. The second-order valence-electron chi connectivity index (χ2n) is 16.1. The van der Waals surface area contributed by atoms with Crippen molar-refractivity contribution in [2.75, 3.05) is 4.90 Å². The fourth-order valence-electron chi connectivity index (χ4n) is 8.33. The minimum Gasteiger partial charge on any atom is -0.311 e. The van der Waals surface area contributed by atoms with Crippen molar-refractivity contribution >= 4 is 85.1 Å². The quantitative estimate of drug-likeness (QED) is 0.118. The molecule has 0 bridgehead atoms. The van der Waals surface area contributed by atoms with Crippen LogP contribution in [0.4, 0.5) is 17.1 Å². The van der Waals surface area contributed by atoms with Crippen molar-refractivity contribution < 1.29 is 0 Å². The van der Waals surface area contributed by atoms with Gasteiger partial charge in [0.05, 0.1) is 0 Å². The van der Waals surface area contributed by atoms with Gasteiger partial charge < -0.3 is 4.90 Å². The lowest BCUT2D eigenvalue weighted by Gasteiger charge is -2.26. The Hall–Kier alpha value is -6.68. The molecule has 6 aromatic carbocycles. The van der Waals surface area contributed by atoms with Crippen molar-refractivity contribution in [2.24, 2.45) is 0 Å². The highest BCUT2D eigenvalue weighted by Crippen LogP contribution is 2.45. The molecule has 0 fully saturated rings. The van der Waals surface area contributed by atoms with Gasteiger partial charge in [0.1, 0.15) is 0 Å². The SMILES string of the molecule is c1ccc(-c2ccc(-c3ccc(-c4ccc(N(c5ccc(-c6ccc(-c7ccc(-c8ccccc8)s7)s6)cc5)c5ccc(-c6ccc(-c7ccc(-c8ccccc8)s7)s6)cc5)cc4)s3)s2)cc1. The highest BCUT2D eigenvalue weighted by Gasteiger charge is 2.17. The summed E-state index contributed by atoms with van der Waals surface area (Å²) >= 11 is 11.1. The van der Waals surface area contributed by atoms with E-state index in [4.69, 9.17) is 0 Å². The summed E-state index contributed by atoms with van der Waals surface area (Å²) in [6.07, 6.45) is 0. The molecule has 0 radical (unpaired) electrons. The predicted molar refractivity (Wildman–Crippen MR) is 297 cm³/mol. The average Bonchev–Trinajstić information content (AvgIpc) is 4.26. The van der Waals surface area contributed by atoms with Gasteiger partial charge >= 0.3 is 0 Å². The number of thiophene rings is 6. The Kier molecular flexibility index (Phi) is 11.5. The number of anilines is 3. The molecular weight excluding hydrogens is 927 g/mol. The predicted octanol–water partition coefficient (Wildman–Crippen LogP) is 20.5. The minimum atomic E-state index is 1.11. The van der Waals surface area contributed by atoms with Crippen molar-refractivity contribution in [1.82, 2.24) is 0 Å². The Morgan fingerprint density at radius 1 is 0.164 bits per heavy atom. The van der Waals surface area contributed by atoms with E-state index in [1.54, 1.807) is 0 Å². The molecule has 0 aliphatic heterocycles. The van der Waals surface area contributed by atoms with Crippen LogP contribution in [0.2, 0.25) is 0 Å². The van der Waals surface area contributed by atoms with E-state index < -0.39 is 0 Å². The van der Waals surface area contributed by atoms with E-state index in [-0.39, 0.29) is 0 Å². The largest absolute Gasteiger partial charge is 0.311 e. The molecule has 0 amide bonds. The lowest BCUT2D eigenvalue weighted by atomic mass is 10.1. The molecule has 0 N–H and O–H groups in total. The van der Waals surface area contributed by atoms with Crippen molar-refractivity contribution in [3.8, 4) is 91.9 Å². The van der Waals surface area contributed by atoms with Crippen LogP contribution in [0.1, 0.15) is 0 Å². The van der Waals surface area contributed by atoms with Crippen molar-refractivity contribution in [2.45, 2.75) is 0 Å². The third kappa shape index (κ3) is 8.74. The van der Waals surface area contributed by atoms with Crippen LogP contribution in [-0.4, -0.2) is 0 Å². The molecule has 0 atom stereocenters. The van der Waals surface area contributed by atoms with Gasteiger partial charge in [0.25, 0.3) is 0 Å². The number of nitrogens with zero attached hydrogens (tertiary/aromatic N) is 1. The van der Waals surface area contributed by atoms with E-state index in [9.17, 15) is 0 Å². The van der Waals surface area contributed by atoms with E-state index in [0.717, 1.165) is 17.1 Å². The molecule has 7 heteroatoms. The molecule has 320 valence electrons. The first-order valence-corrected chi connectivity index (χ1v) is 26.9. The van der Waals surface area contributed by atoms with Crippen molar-refractivity contribution in [3.63, 3.8) is 0 Å². The summed E-state index contributed by atoms with van der Waals surface area (Å²) in [5, 5.41) is 0. The maximum Gasteiger partial charge on any atom is 0.0462 e. The van der Waals surface area contributed by atoms with Gasteiger partial charge in [0.15, 0.2) is 0 Å². The lowest BCUT2D eigenvalue weighted by Crippen LogP contribution is -2.09. The van der Waals surface area contributed by atoms with E-state index in [0.29, 0.717) is 0 Å². The van der Waals surface area contributed by atoms with Crippen LogP contribution < -0.4 is 4.90 Å². The van der Waals surface area contributed by atoms with Crippen LogP contribution in [0.5, 0.6) is 0 Å². The first kappa shape index (κ1) is 41.7. The first-order chi connectivity index (χ1) is 33.1. The maximum absolute atomic E-state index is 2.38. The summed E-state index contributed by atoms with van der Waals surface area (Å²) in [7, 11) is 0. The molecule has 0 aliphatic rings. The van der Waals surface area contributed by atoms with Crippen molar-refractivity contribution in [3.05, 3.63) is 237 Å². The highest BCUT2D eigenvalue weighted by atomic mass is 32.1. The van der Waals surface area contributed by atoms with Crippen LogP contribution >= 0.6 is 68.0 Å². The molecule has 0 spiro atoms. The fraction of sp³-hybridized carbons (Fsp3) is 0. The van der Waals surface area contributed by atoms with E-state index in [1.165, 1.54) is 91.9 Å². The molecule has 67 heavy (non-hydrogen) atoms. The van der Waals surface area contributed by atoms with Crippen LogP contribution in [0.15, 0.2) is 237 Å². The monoisotopic (exact) mass is 965 g/mol. The van der Waals surface area contributed by atoms with Crippen LogP contribution in [-0.2, 0) is 0 Å². The Morgan fingerprint density at radius 3 is 0.552 bits per heavy atom. The fourth-order valence-corrected chi connectivity index (χ4v) is 14.7. The number of hydrogen-bond acceptors (Lipinski definition) is 7.